The molecular weight excluding hydrogens is 741 g/mol. The number of carbonyl (C=O) groups excluding carboxylic acids is 1. The SMILES string of the molecule is C=CCOC12Oc3ccc(OC(=O)NCc4ccccc4)cc3C3C(CCCCO)C(CCCCO)C=C(C(=NOC(C)(C)C)CC1SCCc1cnccn1)C32. The molecule has 0 bridgehead atoms. The molecule has 1 aliphatic heterocycles. The molecule has 12 heteroatoms. The number of aromatic nitrogens is 2. The van der Waals surface area contributed by atoms with Crippen molar-refractivity contribution in [2.45, 2.75) is 101 Å². The van der Waals surface area contributed by atoms with E-state index in [2.05, 4.69) is 27.9 Å². The Hall–Kier alpha value is -4.23. The Morgan fingerprint density at radius 3 is 2.60 bits per heavy atom. The highest BCUT2D eigenvalue weighted by Crippen LogP contribution is 2.62. The first-order valence-electron chi connectivity index (χ1n) is 20.3. The van der Waals surface area contributed by atoms with E-state index in [1.165, 1.54) is 0 Å². The molecule has 57 heavy (non-hydrogen) atoms. The van der Waals surface area contributed by atoms with Crippen LogP contribution in [0.2, 0.25) is 0 Å². The van der Waals surface area contributed by atoms with Crippen LogP contribution < -0.4 is 14.8 Å². The van der Waals surface area contributed by atoms with Crippen molar-refractivity contribution < 1.29 is 34.1 Å². The average Bonchev–Trinajstić information content (AvgIpc) is 3.21. The fourth-order valence-electron chi connectivity index (χ4n) is 8.41. The second-order valence-electron chi connectivity index (χ2n) is 16.0. The second-order valence-corrected chi connectivity index (χ2v) is 17.3. The summed E-state index contributed by atoms with van der Waals surface area (Å²) in [6, 6.07) is 15.4. The van der Waals surface area contributed by atoms with Gasteiger partial charge < -0.3 is 34.6 Å². The van der Waals surface area contributed by atoms with Gasteiger partial charge in [-0.1, -0.05) is 60.5 Å². The van der Waals surface area contributed by atoms with Crippen LogP contribution in [0.15, 0.2) is 96.6 Å². The van der Waals surface area contributed by atoms with Gasteiger partial charge in [0.15, 0.2) is 0 Å². The van der Waals surface area contributed by atoms with Crippen LogP contribution in [0.4, 0.5) is 4.79 Å². The Bertz CT molecular complexity index is 1840. The van der Waals surface area contributed by atoms with Gasteiger partial charge in [-0.05, 0) is 93.4 Å². The van der Waals surface area contributed by atoms with Crippen LogP contribution in [0.25, 0.3) is 0 Å². The van der Waals surface area contributed by atoms with E-state index in [0.717, 1.165) is 59.5 Å². The second kappa shape index (κ2) is 20.0. The summed E-state index contributed by atoms with van der Waals surface area (Å²) in [7, 11) is 0. The highest BCUT2D eigenvalue weighted by atomic mass is 32.2. The molecule has 1 fully saturated rings. The summed E-state index contributed by atoms with van der Waals surface area (Å²) in [6.45, 7) is 10.9. The molecule has 11 nitrogen and oxygen atoms in total. The maximum absolute atomic E-state index is 13.2. The number of fused-ring (bicyclic) bond motifs is 2. The van der Waals surface area contributed by atoms with E-state index >= 15 is 0 Å². The molecule has 2 aliphatic carbocycles. The van der Waals surface area contributed by atoms with Gasteiger partial charge in [-0.15, -0.1) is 6.58 Å². The minimum Gasteiger partial charge on any atom is -0.460 e. The Kier molecular flexibility index (Phi) is 14.8. The third-order valence-corrected chi connectivity index (χ3v) is 12.2. The van der Waals surface area contributed by atoms with Crippen LogP contribution in [0.1, 0.15) is 88.5 Å². The maximum atomic E-state index is 13.2. The molecule has 0 spiro atoms. The molecular formula is C45H58N4O7S. The molecule has 3 aliphatic rings. The van der Waals surface area contributed by atoms with Crippen LogP contribution in [-0.4, -0.2) is 74.2 Å². The van der Waals surface area contributed by atoms with Crippen LogP contribution in [0.3, 0.4) is 0 Å². The molecule has 2 aromatic carbocycles. The minimum absolute atomic E-state index is 0.116. The number of thioether (sulfide) groups is 1. The number of rotatable bonds is 19. The number of nitrogens with zero attached hydrogens (tertiary/aromatic N) is 3. The molecule has 306 valence electrons. The largest absolute Gasteiger partial charge is 0.460 e. The molecule has 6 rings (SSSR count). The number of carbonyl (C=O) groups is 1. The Balaban J connectivity index is 1.46. The lowest BCUT2D eigenvalue weighted by Crippen LogP contribution is -2.64. The summed E-state index contributed by atoms with van der Waals surface area (Å²) in [6.07, 6.45) is 14.9. The predicted molar refractivity (Wildman–Crippen MR) is 223 cm³/mol. The van der Waals surface area contributed by atoms with Crippen molar-refractivity contribution in [1.29, 1.82) is 0 Å². The van der Waals surface area contributed by atoms with E-state index in [4.69, 9.17) is 24.2 Å². The summed E-state index contributed by atoms with van der Waals surface area (Å²) in [5.41, 5.74) is 4.23. The quantitative estimate of drug-likeness (QED) is 0.0617. The van der Waals surface area contributed by atoms with Crippen molar-refractivity contribution in [1.82, 2.24) is 15.3 Å². The number of amides is 1. The third kappa shape index (κ3) is 10.6. The number of aliphatic hydroxyl groups excluding tert-OH is 2. The van der Waals surface area contributed by atoms with Crippen LogP contribution in [-0.2, 0) is 22.5 Å². The van der Waals surface area contributed by atoms with Crippen molar-refractivity contribution in [2.75, 3.05) is 25.6 Å². The van der Waals surface area contributed by atoms with Gasteiger partial charge in [0.1, 0.15) is 17.1 Å². The van der Waals surface area contributed by atoms with Crippen molar-refractivity contribution in [2.24, 2.45) is 22.9 Å². The predicted octanol–water partition coefficient (Wildman–Crippen LogP) is 8.17. The van der Waals surface area contributed by atoms with Crippen molar-refractivity contribution in [3.63, 3.8) is 0 Å². The fraction of sp³-hybridized carbons (Fsp3) is 0.511. The van der Waals surface area contributed by atoms with Crippen molar-refractivity contribution in [3.8, 4) is 11.5 Å². The Morgan fingerprint density at radius 1 is 1.09 bits per heavy atom. The lowest BCUT2D eigenvalue weighted by molar-refractivity contribution is -0.223. The summed E-state index contributed by atoms with van der Waals surface area (Å²) in [4.78, 5) is 28.2. The number of nitrogens with one attached hydrogen (secondary N) is 1. The zero-order valence-corrected chi connectivity index (χ0v) is 34.3. The number of oxime groups is 1. The van der Waals surface area contributed by atoms with Gasteiger partial charge in [0.25, 0.3) is 0 Å². The van der Waals surface area contributed by atoms with Gasteiger partial charge in [0.2, 0.25) is 5.79 Å². The number of hydrogen-bond acceptors (Lipinski definition) is 11. The first kappa shape index (κ1) is 42.4. The maximum Gasteiger partial charge on any atom is 0.412 e. The Morgan fingerprint density at radius 2 is 1.88 bits per heavy atom. The average molecular weight is 799 g/mol. The number of ether oxygens (including phenoxy) is 3. The number of hydrogen-bond donors (Lipinski definition) is 3. The van der Waals surface area contributed by atoms with E-state index < -0.39 is 17.5 Å². The fourth-order valence-corrected chi connectivity index (χ4v) is 9.79. The summed E-state index contributed by atoms with van der Waals surface area (Å²) < 4.78 is 20.2. The summed E-state index contributed by atoms with van der Waals surface area (Å²) in [5.74, 6) is 0.568. The van der Waals surface area contributed by atoms with E-state index in [1.807, 2.05) is 63.2 Å². The summed E-state index contributed by atoms with van der Waals surface area (Å²) >= 11 is 1.78. The standard InChI is InChI=1S/C45H58N4O7S/c1-5-24-53-45-40(57-25-19-33-30-46-20-21-47-33)28-38(49-56-44(2,3)4)36-26-32(15-9-11-22-50)35(16-10-12-23-51)41(42(36)45)37-27-34(17-18-39(37)55-45)54-43(52)48-29-31-13-7-6-8-14-31/h5-8,13-14,17-18,20-21,26-27,30,32,35,40-42,50-51H,1,9-12,15-16,19,22-25,28-29H2,2-4H3,(H,48,52). The van der Waals surface area contributed by atoms with Gasteiger partial charge in [-0.25, -0.2) is 4.79 Å². The van der Waals surface area contributed by atoms with Gasteiger partial charge in [0, 0.05) is 62.7 Å². The van der Waals surface area contributed by atoms with Gasteiger partial charge in [0.05, 0.1) is 29.2 Å². The lowest BCUT2D eigenvalue weighted by Gasteiger charge is -2.58. The van der Waals surface area contributed by atoms with Crippen LogP contribution >= 0.6 is 11.8 Å². The van der Waals surface area contributed by atoms with Crippen molar-refractivity contribution in [3.05, 3.63) is 108 Å². The van der Waals surface area contributed by atoms with Gasteiger partial charge in [-0.3, -0.25) is 9.97 Å². The molecule has 3 N–H and O–H groups in total. The molecule has 1 saturated carbocycles. The first-order valence-corrected chi connectivity index (χ1v) is 21.3. The minimum atomic E-state index is -1.10. The first-order chi connectivity index (χ1) is 27.7. The molecule has 2 heterocycles. The van der Waals surface area contributed by atoms with Crippen molar-refractivity contribution >= 4 is 23.6 Å². The number of aliphatic hydroxyl groups is 2. The summed E-state index contributed by atoms with van der Waals surface area (Å²) in [5, 5.41) is 27.3. The Labute approximate surface area is 341 Å². The van der Waals surface area contributed by atoms with Gasteiger partial charge >= 0.3 is 6.09 Å². The molecule has 6 atom stereocenters. The highest BCUT2D eigenvalue weighted by Gasteiger charge is 2.64. The zero-order chi connectivity index (χ0) is 40.3. The highest BCUT2D eigenvalue weighted by molar-refractivity contribution is 8.00. The van der Waals surface area contributed by atoms with Gasteiger partial charge in [-0.2, -0.15) is 11.8 Å². The molecule has 6 unspecified atom stereocenters. The zero-order valence-electron chi connectivity index (χ0n) is 33.5. The topological polar surface area (TPSA) is 145 Å². The lowest BCUT2D eigenvalue weighted by atomic mass is 9.56. The number of unbranched alkanes of at least 4 members (excludes halogenated alkanes) is 2. The van der Waals surface area contributed by atoms with E-state index in [1.54, 1.807) is 42.5 Å². The third-order valence-electron chi connectivity index (χ3n) is 10.8. The molecule has 1 amide bonds. The van der Waals surface area contributed by atoms with Crippen LogP contribution in [0.5, 0.6) is 11.5 Å². The molecule has 1 aromatic heterocycles. The number of allylic oxidation sites excluding steroid dienone is 1. The normalized spacial score (nSPS) is 24.4. The molecule has 0 saturated heterocycles. The number of aryl methyl sites for hydroxylation is 1. The molecule has 0 radical (unpaired) electrons. The van der Waals surface area contributed by atoms with Crippen LogP contribution in [0, 0.1) is 17.8 Å². The van der Waals surface area contributed by atoms with E-state index in [0.29, 0.717) is 43.7 Å². The van der Waals surface area contributed by atoms with E-state index in [-0.39, 0.29) is 48.7 Å². The molecule has 3 aromatic rings. The van der Waals surface area contributed by atoms with E-state index in [9.17, 15) is 15.0 Å². The monoisotopic (exact) mass is 798 g/mol. The number of benzene rings is 2. The smallest absolute Gasteiger partial charge is 0.412 e.